The number of nitrogens with one attached hydrogen (secondary N) is 1. The third-order valence-electron chi connectivity index (χ3n) is 3.76. The maximum Gasteiger partial charge on any atom is 0.0637 e. The lowest BCUT2D eigenvalue weighted by atomic mass is 9.80. The highest BCUT2D eigenvalue weighted by Crippen LogP contribution is 2.28. The van der Waals surface area contributed by atoms with E-state index in [1.807, 2.05) is 17.9 Å². The Hall–Kier alpha value is -0.830. The minimum Gasteiger partial charge on any atom is -0.314 e. The Labute approximate surface area is 105 Å². The van der Waals surface area contributed by atoms with Gasteiger partial charge in [-0.3, -0.25) is 4.68 Å². The summed E-state index contributed by atoms with van der Waals surface area (Å²) in [6.07, 6.45) is 7.14. The van der Waals surface area contributed by atoms with Crippen LogP contribution in [0.5, 0.6) is 0 Å². The first-order chi connectivity index (χ1) is 8.13. The molecule has 3 nitrogen and oxygen atoms in total. The van der Waals surface area contributed by atoms with Crippen LogP contribution in [0.25, 0.3) is 0 Å². The number of aromatic nitrogens is 2. The number of aryl methyl sites for hydroxylation is 1. The normalized spacial score (nSPS) is 29.5. The molecular weight excluding hydrogens is 210 g/mol. The largest absolute Gasteiger partial charge is 0.314 e. The molecular formula is C14H25N3. The molecule has 1 saturated carbocycles. The fraction of sp³-hybridized carbons (Fsp3) is 0.786. The van der Waals surface area contributed by atoms with Gasteiger partial charge in [-0.05, 0) is 37.2 Å². The zero-order chi connectivity index (χ0) is 12.3. The van der Waals surface area contributed by atoms with Crippen LogP contribution in [-0.4, -0.2) is 22.4 Å². The second-order valence-electron chi connectivity index (χ2n) is 5.80. The fourth-order valence-corrected chi connectivity index (χ4v) is 3.11. The predicted molar refractivity (Wildman–Crippen MR) is 70.9 cm³/mol. The summed E-state index contributed by atoms with van der Waals surface area (Å²) in [5.41, 5.74) is 1.19. The van der Waals surface area contributed by atoms with Gasteiger partial charge in [-0.25, -0.2) is 0 Å². The molecule has 0 spiro atoms. The summed E-state index contributed by atoms with van der Waals surface area (Å²) in [6.45, 7) is 5.81. The minimum atomic E-state index is 0.720. The molecule has 1 aromatic rings. The Balaban J connectivity index is 1.71. The van der Waals surface area contributed by atoms with Crippen molar-refractivity contribution in [3.05, 3.63) is 18.0 Å². The quantitative estimate of drug-likeness (QED) is 0.868. The van der Waals surface area contributed by atoms with Crippen molar-refractivity contribution < 1.29 is 0 Å². The third kappa shape index (κ3) is 3.84. The first kappa shape index (κ1) is 12.6. The summed E-state index contributed by atoms with van der Waals surface area (Å²) in [5.74, 6) is 1.76. The van der Waals surface area contributed by atoms with Crippen molar-refractivity contribution in [1.82, 2.24) is 15.1 Å². The topological polar surface area (TPSA) is 29.9 Å². The first-order valence-corrected chi connectivity index (χ1v) is 6.85. The van der Waals surface area contributed by atoms with Crippen LogP contribution in [0.3, 0.4) is 0 Å². The van der Waals surface area contributed by atoms with E-state index < -0.39 is 0 Å². The predicted octanol–water partition coefficient (Wildman–Crippen LogP) is 2.38. The molecule has 0 saturated heterocycles. The smallest absolute Gasteiger partial charge is 0.0637 e. The van der Waals surface area contributed by atoms with Crippen LogP contribution < -0.4 is 5.32 Å². The summed E-state index contributed by atoms with van der Waals surface area (Å²) in [6, 6.07) is 2.82. The minimum absolute atomic E-state index is 0.720. The summed E-state index contributed by atoms with van der Waals surface area (Å²) < 4.78 is 1.88. The average Bonchev–Trinajstić information content (AvgIpc) is 2.63. The van der Waals surface area contributed by atoms with E-state index in [2.05, 4.69) is 30.3 Å². The second-order valence-corrected chi connectivity index (χ2v) is 5.80. The molecule has 1 aliphatic carbocycles. The molecule has 1 fully saturated rings. The molecule has 0 aromatic carbocycles. The summed E-state index contributed by atoms with van der Waals surface area (Å²) in [5, 5.41) is 8.09. The lowest BCUT2D eigenvalue weighted by Gasteiger charge is -2.32. The van der Waals surface area contributed by atoms with Gasteiger partial charge in [0.05, 0.1) is 5.69 Å². The molecule has 0 amide bonds. The number of nitrogens with zero attached hydrogens (tertiary/aromatic N) is 2. The van der Waals surface area contributed by atoms with Crippen LogP contribution in [0.4, 0.5) is 0 Å². The summed E-state index contributed by atoms with van der Waals surface area (Å²) >= 11 is 0. The zero-order valence-corrected chi connectivity index (χ0v) is 11.3. The molecule has 96 valence electrons. The lowest BCUT2D eigenvalue weighted by molar-refractivity contribution is 0.240. The Morgan fingerprint density at radius 1 is 1.29 bits per heavy atom. The first-order valence-electron chi connectivity index (χ1n) is 6.85. The Bertz CT molecular complexity index is 335. The van der Waals surface area contributed by atoms with Crippen molar-refractivity contribution in [1.29, 1.82) is 0 Å². The Morgan fingerprint density at radius 2 is 2.00 bits per heavy atom. The van der Waals surface area contributed by atoms with Crippen molar-refractivity contribution in [3.63, 3.8) is 0 Å². The van der Waals surface area contributed by atoms with E-state index in [0.29, 0.717) is 0 Å². The monoisotopic (exact) mass is 235 g/mol. The maximum absolute atomic E-state index is 4.40. The van der Waals surface area contributed by atoms with Gasteiger partial charge >= 0.3 is 0 Å². The summed E-state index contributed by atoms with van der Waals surface area (Å²) in [7, 11) is 1.97. The molecule has 0 radical (unpaired) electrons. The Morgan fingerprint density at radius 3 is 2.59 bits per heavy atom. The molecule has 1 heterocycles. The molecule has 1 N–H and O–H groups in total. The Kier molecular flexibility index (Phi) is 4.21. The molecule has 0 aliphatic heterocycles. The zero-order valence-electron chi connectivity index (χ0n) is 11.3. The molecule has 2 atom stereocenters. The maximum atomic E-state index is 4.40. The van der Waals surface area contributed by atoms with Crippen molar-refractivity contribution in [2.24, 2.45) is 18.9 Å². The highest BCUT2D eigenvalue weighted by Gasteiger charge is 2.23. The van der Waals surface area contributed by atoms with Gasteiger partial charge in [-0.2, -0.15) is 5.10 Å². The van der Waals surface area contributed by atoms with E-state index in [1.54, 1.807) is 0 Å². The van der Waals surface area contributed by atoms with Gasteiger partial charge in [0.1, 0.15) is 0 Å². The molecule has 2 unspecified atom stereocenters. The van der Waals surface area contributed by atoms with E-state index >= 15 is 0 Å². The van der Waals surface area contributed by atoms with Crippen molar-refractivity contribution in [3.8, 4) is 0 Å². The fourth-order valence-electron chi connectivity index (χ4n) is 3.11. The lowest BCUT2D eigenvalue weighted by Crippen LogP contribution is -2.37. The van der Waals surface area contributed by atoms with E-state index in [-0.39, 0.29) is 0 Å². The van der Waals surface area contributed by atoms with Gasteiger partial charge in [0.25, 0.3) is 0 Å². The molecule has 1 aliphatic rings. The third-order valence-corrected chi connectivity index (χ3v) is 3.76. The van der Waals surface area contributed by atoms with Crippen molar-refractivity contribution >= 4 is 0 Å². The van der Waals surface area contributed by atoms with E-state index in [1.165, 1.54) is 25.0 Å². The molecule has 0 bridgehead atoms. The van der Waals surface area contributed by atoms with Gasteiger partial charge in [0.15, 0.2) is 0 Å². The highest BCUT2D eigenvalue weighted by molar-refractivity contribution is 4.99. The van der Waals surface area contributed by atoms with Crippen LogP contribution in [-0.2, 0) is 13.5 Å². The SMILES string of the molecule is CC1CC(C)CC(NCCc2ccn(C)n2)C1. The van der Waals surface area contributed by atoms with E-state index in [4.69, 9.17) is 0 Å². The number of hydrogen-bond donors (Lipinski definition) is 1. The van der Waals surface area contributed by atoms with Crippen LogP contribution in [0.15, 0.2) is 12.3 Å². The van der Waals surface area contributed by atoms with Gasteiger partial charge in [-0.1, -0.05) is 13.8 Å². The molecule has 2 rings (SSSR count). The van der Waals surface area contributed by atoms with Crippen LogP contribution >= 0.6 is 0 Å². The molecule has 17 heavy (non-hydrogen) atoms. The van der Waals surface area contributed by atoms with Crippen LogP contribution in [0, 0.1) is 11.8 Å². The van der Waals surface area contributed by atoms with Crippen molar-refractivity contribution in [2.45, 2.75) is 45.6 Å². The van der Waals surface area contributed by atoms with Crippen LogP contribution in [0.2, 0.25) is 0 Å². The van der Waals surface area contributed by atoms with Gasteiger partial charge in [0.2, 0.25) is 0 Å². The average molecular weight is 235 g/mol. The molecule has 1 aromatic heterocycles. The second kappa shape index (κ2) is 5.67. The summed E-state index contributed by atoms with van der Waals surface area (Å²) in [4.78, 5) is 0. The van der Waals surface area contributed by atoms with Gasteiger partial charge in [0, 0.05) is 32.3 Å². The van der Waals surface area contributed by atoms with E-state index in [0.717, 1.165) is 30.8 Å². The standard InChI is InChI=1S/C14H25N3/c1-11-8-12(2)10-14(9-11)15-6-4-13-5-7-17(3)16-13/h5,7,11-12,14-15H,4,6,8-10H2,1-3H3. The molecule has 3 heteroatoms. The van der Waals surface area contributed by atoms with Gasteiger partial charge < -0.3 is 5.32 Å². The van der Waals surface area contributed by atoms with Crippen LogP contribution in [0.1, 0.15) is 38.8 Å². The van der Waals surface area contributed by atoms with E-state index in [9.17, 15) is 0 Å². The van der Waals surface area contributed by atoms with Gasteiger partial charge in [-0.15, -0.1) is 0 Å². The number of hydrogen-bond acceptors (Lipinski definition) is 2. The highest BCUT2D eigenvalue weighted by atomic mass is 15.2. The number of rotatable bonds is 4. The van der Waals surface area contributed by atoms with Crippen molar-refractivity contribution in [2.75, 3.05) is 6.54 Å².